The molecule has 400 valence electrons. The van der Waals surface area contributed by atoms with Gasteiger partial charge in [-0.2, -0.15) is 0 Å². The third-order valence-corrected chi connectivity index (χ3v) is 15.2. The fourth-order valence-corrected chi connectivity index (χ4v) is 11.1. The number of hydrogen-bond acceptors (Lipinski definition) is 11. The molecule has 0 N–H and O–H groups in total. The Kier molecular flexibility index (Phi) is 18.3. The monoisotopic (exact) mass is 1050 g/mol. The standard InChI is InChI=1S/C67H66O11/c1-73-65(70)52-25-19-44(20-26-52)41-76-62-56(31-47-33-58(39-68)63(60(35-47)50-15-9-5-10-16-50)77-42-45-21-27-53(28-22-45)66(71)74-2)37-55(49-13-7-4-8-14-49)38-57(62)32-48-34-59(40-69)64(61(36-48)51-17-11-6-12-18-51)78-43-46-23-29-54(30-24-46)67(72)75-3/h4,7-8,13-14,19-30,33-40,50-51H,5-6,9-12,15-18,31-32,41-43H2,1-3H3. The van der Waals surface area contributed by atoms with Gasteiger partial charge in [-0.25, -0.2) is 14.4 Å². The number of carbonyl (C=O) groups excluding carboxylic acids is 5. The first-order valence-corrected chi connectivity index (χ1v) is 27.0. The summed E-state index contributed by atoms with van der Waals surface area (Å²) in [6.07, 6.45) is 13.1. The van der Waals surface area contributed by atoms with Crippen molar-refractivity contribution < 1.29 is 52.4 Å². The first-order valence-electron chi connectivity index (χ1n) is 27.0. The summed E-state index contributed by atoms with van der Waals surface area (Å²) in [6, 6.07) is 44.2. The highest BCUT2D eigenvalue weighted by molar-refractivity contribution is 5.90. The Hall–Kier alpha value is -8.31. The zero-order valence-corrected chi connectivity index (χ0v) is 44.7. The molecule has 0 atom stereocenters. The zero-order valence-electron chi connectivity index (χ0n) is 44.7. The lowest BCUT2D eigenvalue weighted by Gasteiger charge is -2.27. The van der Waals surface area contributed by atoms with Gasteiger partial charge in [0, 0.05) is 12.8 Å². The van der Waals surface area contributed by atoms with Gasteiger partial charge in [0.05, 0.1) is 49.1 Å². The molecule has 0 bridgehead atoms. The van der Waals surface area contributed by atoms with Crippen molar-refractivity contribution in [3.63, 3.8) is 0 Å². The molecule has 2 aliphatic rings. The molecule has 0 amide bonds. The lowest BCUT2D eigenvalue weighted by molar-refractivity contribution is 0.0592. The molecule has 7 aromatic rings. The van der Waals surface area contributed by atoms with Crippen LogP contribution in [0.1, 0.15) is 178 Å². The van der Waals surface area contributed by atoms with Crippen LogP contribution in [0.25, 0.3) is 11.1 Å². The Labute approximate surface area is 456 Å². The number of hydrogen-bond donors (Lipinski definition) is 0. The molecule has 11 heteroatoms. The molecule has 11 nitrogen and oxygen atoms in total. The van der Waals surface area contributed by atoms with E-state index in [9.17, 15) is 24.0 Å². The number of benzene rings is 7. The molecular weight excluding hydrogens is 981 g/mol. The van der Waals surface area contributed by atoms with Crippen LogP contribution >= 0.6 is 0 Å². The van der Waals surface area contributed by atoms with E-state index in [-0.39, 0.29) is 31.7 Å². The molecule has 0 saturated heterocycles. The van der Waals surface area contributed by atoms with Gasteiger partial charge in [-0.15, -0.1) is 0 Å². The number of rotatable bonds is 21. The smallest absolute Gasteiger partial charge is 0.337 e. The summed E-state index contributed by atoms with van der Waals surface area (Å²) in [5, 5.41) is 0. The van der Waals surface area contributed by atoms with Crippen molar-refractivity contribution >= 4 is 30.5 Å². The largest absolute Gasteiger partial charge is 0.488 e. The molecule has 2 aliphatic carbocycles. The minimum Gasteiger partial charge on any atom is -0.488 e. The second-order valence-corrected chi connectivity index (χ2v) is 20.4. The van der Waals surface area contributed by atoms with E-state index in [1.807, 2.05) is 66.7 Å². The average molecular weight is 1050 g/mol. The van der Waals surface area contributed by atoms with Crippen LogP contribution in [0.3, 0.4) is 0 Å². The third kappa shape index (κ3) is 13.3. The topological polar surface area (TPSA) is 141 Å². The van der Waals surface area contributed by atoms with Crippen molar-refractivity contribution in [2.24, 2.45) is 0 Å². The van der Waals surface area contributed by atoms with E-state index in [2.05, 4.69) is 36.4 Å². The van der Waals surface area contributed by atoms with Crippen LogP contribution in [0.2, 0.25) is 0 Å². The van der Waals surface area contributed by atoms with Crippen molar-refractivity contribution in [3.8, 4) is 28.4 Å². The third-order valence-electron chi connectivity index (χ3n) is 15.2. The number of aldehydes is 2. The van der Waals surface area contributed by atoms with Crippen LogP contribution in [0, 0.1) is 0 Å². The Morgan fingerprint density at radius 1 is 0.410 bits per heavy atom. The Balaban J connectivity index is 1.14. The van der Waals surface area contributed by atoms with E-state index in [0.717, 1.165) is 138 Å². The van der Waals surface area contributed by atoms with Crippen LogP contribution in [0.15, 0.2) is 140 Å². The Bertz CT molecular complexity index is 3060. The van der Waals surface area contributed by atoms with E-state index in [1.165, 1.54) is 21.3 Å². The maximum atomic E-state index is 13.3. The highest BCUT2D eigenvalue weighted by Gasteiger charge is 2.27. The predicted octanol–water partition coefficient (Wildman–Crippen LogP) is 14.4. The van der Waals surface area contributed by atoms with Gasteiger partial charge in [0.25, 0.3) is 0 Å². The van der Waals surface area contributed by atoms with Crippen LogP contribution in [0.4, 0.5) is 0 Å². The molecule has 0 aliphatic heterocycles. The molecule has 9 rings (SSSR count). The summed E-state index contributed by atoms with van der Waals surface area (Å²) < 4.78 is 35.1. The molecule has 0 aromatic heterocycles. The van der Waals surface area contributed by atoms with Crippen molar-refractivity contribution in [2.45, 2.75) is 109 Å². The number of methoxy groups -OCH3 is 3. The summed E-state index contributed by atoms with van der Waals surface area (Å²) in [4.78, 5) is 63.3. The first-order chi connectivity index (χ1) is 38.1. The minimum absolute atomic E-state index is 0.187. The van der Waals surface area contributed by atoms with Gasteiger partial charge in [-0.1, -0.05) is 117 Å². The van der Waals surface area contributed by atoms with Crippen molar-refractivity contribution in [3.05, 3.63) is 217 Å². The number of ether oxygens (including phenoxy) is 6. The van der Waals surface area contributed by atoms with Crippen LogP contribution in [-0.2, 0) is 46.9 Å². The summed E-state index contributed by atoms with van der Waals surface area (Å²) in [7, 11) is 4.07. The second-order valence-electron chi connectivity index (χ2n) is 20.4. The molecular formula is C67H66O11. The summed E-state index contributed by atoms with van der Waals surface area (Å²) in [6.45, 7) is 0.596. The van der Waals surface area contributed by atoms with Gasteiger partial charge in [-0.05, 0) is 159 Å². The van der Waals surface area contributed by atoms with E-state index < -0.39 is 17.9 Å². The maximum Gasteiger partial charge on any atom is 0.337 e. The molecule has 7 aromatic carbocycles. The van der Waals surface area contributed by atoms with Gasteiger partial charge in [0.2, 0.25) is 0 Å². The fraction of sp³-hybridized carbons (Fsp3) is 0.299. The normalized spacial score (nSPS) is 13.7. The molecule has 0 radical (unpaired) electrons. The minimum atomic E-state index is -0.426. The van der Waals surface area contributed by atoms with Crippen molar-refractivity contribution in [1.29, 1.82) is 0 Å². The van der Waals surface area contributed by atoms with Crippen molar-refractivity contribution in [1.82, 2.24) is 0 Å². The molecule has 78 heavy (non-hydrogen) atoms. The summed E-state index contributed by atoms with van der Waals surface area (Å²) >= 11 is 0. The fourth-order valence-electron chi connectivity index (χ4n) is 11.1. The summed E-state index contributed by atoms with van der Waals surface area (Å²) in [5.41, 5.74) is 12.5. The number of carbonyl (C=O) groups is 5. The van der Waals surface area contributed by atoms with Gasteiger partial charge < -0.3 is 28.4 Å². The lowest BCUT2D eigenvalue weighted by Crippen LogP contribution is -2.11. The number of esters is 3. The average Bonchev–Trinajstić information content (AvgIpc) is 3.54. The van der Waals surface area contributed by atoms with Crippen LogP contribution in [-0.4, -0.2) is 51.8 Å². The van der Waals surface area contributed by atoms with Gasteiger partial charge in [0.15, 0.2) is 12.6 Å². The van der Waals surface area contributed by atoms with Crippen molar-refractivity contribution in [2.75, 3.05) is 21.3 Å². The molecule has 0 unspecified atom stereocenters. The zero-order chi connectivity index (χ0) is 54.4. The molecule has 0 heterocycles. The molecule has 0 spiro atoms. The highest BCUT2D eigenvalue weighted by Crippen LogP contribution is 2.44. The van der Waals surface area contributed by atoms with Crippen LogP contribution in [0.5, 0.6) is 17.2 Å². The Morgan fingerprint density at radius 2 is 0.769 bits per heavy atom. The maximum absolute atomic E-state index is 13.3. The molecule has 2 fully saturated rings. The van der Waals surface area contributed by atoms with E-state index in [0.29, 0.717) is 57.9 Å². The van der Waals surface area contributed by atoms with E-state index in [4.69, 9.17) is 28.4 Å². The first kappa shape index (κ1) is 54.5. The SMILES string of the molecule is COC(=O)c1ccc(COc2c(Cc3cc(C=O)c(OCc4ccc(C(=O)OC)cc4)c(C4CCCCC4)c3)cc(-c3ccccc3)cc2Cc2cc(C=O)c(OCc3ccc(C(=O)OC)cc3)c(C3CCCCC3)c2)cc1. The van der Waals surface area contributed by atoms with Gasteiger partial charge in [-0.3, -0.25) is 9.59 Å². The van der Waals surface area contributed by atoms with Gasteiger partial charge >= 0.3 is 17.9 Å². The second kappa shape index (κ2) is 26.2. The van der Waals surface area contributed by atoms with E-state index in [1.54, 1.807) is 36.4 Å². The van der Waals surface area contributed by atoms with Gasteiger partial charge in [0.1, 0.15) is 37.1 Å². The lowest BCUT2D eigenvalue weighted by atomic mass is 9.81. The quantitative estimate of drug-likeness (QED) is 0.0386. The van der Waals surface area contributed by atoms with Crippen LogP contribution < -0.4 is 14.2 Å². The van der Waals surface area contributed by atoms with E-state index >= 15 is 0 Å². The predicted molar refractivity (Wildman–Crippen MR) is 299 cm³/mol. The highest BCUT2D eigenvalue weighted by atomic mass is 16.5. The Morgan fingerprint density at radius 3 is 1.12 bits per heavy atom. The molecule has 2 saturated carbocycles. The summed E-state index contributed by atoms with van der Waals surface area (Å²) in [5.74, 6) is 0.947.